The molecule has 1 saturated heterocycles. The third kappa shape index (κ3) is 5.18. The summed E-state index contributed by atoms with van der Waals surface area (Å²) in [4.78, 5) is 4.10. The lowest BCUT2D eigenvalue weighted by Crippen LogP contribution is -2.48. The van der Waals surface area contributed by atoms with Crippen molar-refractivity contribution in [3.63, 3.8) is 0 Å². The second-order valence-corrected chi connectivity index (χ2v) is 5.99. The Kier molecular flexibility index (Phi) is 5.69. The molecule has 2 rings (SSSR count). The van der Waals surface area contributed by atoms with E-state index in [4.69, 9.17) is 0 Å². The third-order valence-electron chi connectivity index (χ3n) is 4.11. The predicted molar refractivity (Wildman–Crippen MR) is 81.0 cm³/mol. The summed E-state index contributed by atoms with van der Waals surface area (Å²) in [6, 6.07) is 10.2. The summed E-state index contributed by atoms with van der Waals surface area (Å²) in [7, 11) is 1.79. The van der Waals surface area contributed by atoms with Gasteiger partial charge in [-0.15, -0.1) is 0 Å². The van der Waals surface area contributed by atoms with Gasteiger partial charge in [0, 0.05) is 31.4 Å². The van der Waals surface area contributed by atoms with E-state index in [0.717, 1.165) is 31.6 Å². The van der Waals surface area contributed by atoms with Crippen molar-refractivity contribution >= 4 is 5.69 Å². The second-order valence-electron chi connectivity index (χ2n) is 5.99. The van der Waals surface area contributed by atoms with E-state index in [1.807, 2.05) is 35.2 Å². The van der Waals surface area contributed by atoms with Crippen LogP contribution in [0.4, 0.5) is 18.9 Å². The minimum absolute atomic E-state index is 0.0484. The van der Waals surface area contributed by atoms with E-state index < -0.39 is 18.7 Å². The third-order valence-corrected chi connectivity index (χ3v) is 4.11. The maximum Gasteiger partial charge on any atom is 0.391 e. The van der Waals surface area contributed by atoms with E-state index in [1.165, 1.54) is 0 Å². The zero-order chi connectivity index (χ0) is 16.2. The Bertz CT molecular complexity index is 452. The fraction of sp³-hybridized carbons (Fsp3) is 0.625. The van der Waals surface area contributed by atoms with Crippen LogP contribution in [0.1, 0.15) is 19.3 Å². The van der Waals surface area contributed by atoms with Crippen LogP contribution in [0.15, 0.2) is 30.3 Å². The van der Waals surface area contributed by atoms with E-state index in [1.54, 1.807) is 7.05 Å². The van der Waals surface area contributed by atoms with E-state index in [9.17, 15) is 18.3 Å². The van der Waals surface area contributed by atoms with Gasteiger partial charge < -0.3 is 10.0 Å². The number of halogens is 3. The Balaban J connectivity index is 1.89. The number of aliphatic hydroxyl groups excluding tert-OH is 1. The summed E-state index contributed by atoms with van der Waals surface area (Å²) in [6.45, 7) is 1.78. The molecule has 0 spiro atoms. The molecular weight excluding hydrogens is 293 g/mol. The number of hydrogen-bond acceptors (Lipinski definition) is 3. The van der Waals surface area contributed by atoms with Crippen LogP contribution in [0.2, 0.25) is 0 Å². The minimum Gasteiger partial charge on any atom is -0.391 e. The van der Waals surface area contributed by atoms with Crippen LogP contribution in [-0.2, 0) is 0 Å². The number of anilines is 1. The topological polar surface area (TPSA) is 26.7 Å². The quantitative estimate of drug-likeness (QED) is 0.905. The first-order chi connectivity index (χ1) is 10.3. The molecule has 0 aromatic heterocycles. The smallest absolute Gasteiger partial charge is 0.391 e. The van der Waals surface area contributed by atoms with Gasteiger partial charge in [0.05, 0.1) is 12.5 Å². The van der Waals surface area contributed by atoms with Crippen molar-refractivity contribution in [2.75, 3.05) is 31.6 Å². The normalized spacial score (nSPS) is 21.2. The molecule has 1 aliphatic heterocycles. The number of rotatable bonds is 5. The predicted octanol–water partition coefficient (Wildman–Crippen LogP) is 2.90. The summed E-state index contributed by atoms with van der Waals surface area (Å²) in [5.41, 5.74) is 1.14. The second kappa shape index (κ2) is 7.33. The van der Waals surface area contributed by atoms with Gasteiger partial charge in [-0.2, -0.15) is 13.2 Å². The van der Waals surface area contributed by atoms with Crippen LogP contribution >= 0.6 is 0 Å². The molecule has 2 atom stereocenters. The van der Waals surface area contributed by atoms with Crippen LogP contribution < -0.4 is 4.90 Å². The van der Waals surface area contributed by atoms with Crippen molar-refractivity contribution in [2.24, 2.45) is 0 Å². The van der Waals surface area contributed by atoms with Gasteiger partial charge in [-0.3, -0.25) is 4.90 Å². The van der Waals surface area contributed by atoms with Crippen molar-refractivity contribution in [1.82, 2.24) is 4.90 Å². The minimum atomic E-state index is -4.32. The van der Waals surface area contributed by atoms with E-state index in [-0.39, 0.29) is 12.6 Å². The van der Waals surface area contributed by atoms with Gasteiger partial charge >= 0.3 is 6.18 Å². The van der Waals surface area contributed by atoms with Gasteiger partial charge in [0.15, 0.2) is 0 Å². The molecule has 124 valence electrons. The number of aliphatic hydroxyl groups is 1. The maximum atomic E-state index is 12.3. The fourth-order valence-corrected chi connectivity index (χ4v) is 3.00. The Labute approximate surface area is 129 Å². The van der Waals surface area contributed by atoms with Gasteiger partial charge in [0.1, 0.15) is 0 Å². The summed E-state index contributed by atoms with van der Waals surface area (Å²) in [5, 5.41) is 9.59. The highest BCUT2D eigenvalue weighted by atomic mass is 19.4. The molecule has 1 aliphatic rings. The highest BCUT2D eigenvalue weighted by Crippen LogP contribution is 2.24. The average Bonchev–Trinajstić information content (AvgIpc) is 2.46. The first-order valence-electron chi connectivity index (χ1n) is 7.60. The molecular formula is C16H23F3N2O. The summed E-state index contributed by atoms with van der Waals surface area (Å²) < 4.78 is 36.9. The first-order valence-corrected chi connectivity index (χ1v) is 7.60. The Morgan fingerprint density at radius 2 is 2.00 bits per heavy atom. The zero-order valence-corrected chi connectivity index (χ0v) is 12.8. The molecule has 0 bridgehead atoms. The van der Waals surface area contributed by atoms with Gasteiger partial charge in [-0.05, 0) is 32.0 Å². The SMILES string of the molecule is CN(C[C@@H](O)CC(F)(F)F)[C@@H]1CCCN(c2ccccc2)C1. The molecule has 1 fully saturated rings. The summed E-state index contributed by atoms with van der Waals surface area (Å²) in [6.07, 6.45) is -4.88. The van der Waals surface area contributed by atoms with Crippen LogP contribution in [0.5, 0.6) is 0 Å². The molecule has 0 aliphatic carbocycles. The lowest BCUT2D eigenvalue weighted by atomic mass is 10.0. The zero-order valence-electron chi connectivity index (χ0n) is 12.8. The van der Waals surface area contributed by atoms with Crippen LogP contribution in [0.3, 0.4) is 0 Å². The number of piperidine rings is 1. The van der Waals surface area contributed by atoms with Crippen molar-refractivity contribution < 1.29 is 18.3 Å². The molecule has 1 aromatic rings. The van der Waals surface area contributed by atoms with E-state index >= 15 is 0 Å². The monoisotopic (exact) mass is 316 g/mol. The summed E-state index contributed by atoms with van der Waals surface area (Å²) >= 11 is 0. The molecule has 3 nitrogen and oxygen atoms in total. The van der Waals surface area contributed by atoms with Crippen LogP contribution in [0.25, 0.3) is 0 Å². The molecule has 1 heterocycles. The average molecular weight is 316 g/mol. The van der Waals surface area contributed by atoms with Crippen molar-refractivity contribution in [3.8, 4) is 0 Å². The number of benzene rings is 1. The van der Waals surface area contributed by atoms with Gasteiger partial charge in [0.2, 0.25) is 0 Å². The highest BCUT2D eigenvalue weighted by molar-refractivity contribution is 5.46. The fourth-order valence-electron chi connectivity index (χ4n) is 3.00. The number of likely N-dealkylation sites (N-methyl/N-ethyl adjacent to an activating group) is 1. The Morgan fingerprint density at radius 1 is 1.32 bits per heavy atom. The largest absolute Gasteiger partial charge is 0.391 e. The van der Waals surface area contributed by atoms with Gasteiger partial charge in [0.25, 0.3) is 0 Å². The van der Waals surface area contributed by atoms with E-state index in [2.05, 4.69) is 4.90 Å². The first kappa shape index (κ1) is 17.1. The standard InChI is InChI=1S/C16H23F3N2O/c1-20(12-15(22)10-16(17,18)19)14-8-5-9-21(11-14)13-6-3-2-4-7-13/h2-4,6-7,14-15,22H,5,8-12H2,1H3/t14-,15+/m1/s1. The highest BCUT2D eigenvalue weighted by Gasteiger charge is 2.32. The van der Waals surface area contributed by atoms with E-state index in [0.29, 0.717) is 0 Å². The summed E-state index contributed by atoms with van der Waals surface area (Å²) in [5.74, 6) is 0. The molecule has 1 aromatic carbocycles. The molecule has 0 amide bonds. The van der Waals surface area contributed by atoms with Crippen LogP contribution in [0, 0.1) is 0 Å². The van der Waals surface area contributed by atoms with Crippen molar-refractivity contribution in [1.29, 1.82) is 0 Å². The number of alkyl halides is 3. The molecule has 0 radical (unpaired) electrons. The molecule has 0 saturated carbocycles. The van der Waals surface area contributed by atoms with Crippen molar-refractivity contribution in [2.45, 2.75) is 37.6 Å². The number of hydrogen-bond donors (Lipinski definition) is 1. The van der Waals surface area contributed by atoms with Gasteiger partial charge in [-0.25, -0.2) is 0 Å². The van der Waals surface area contributed by atoms with Gasteiger partial charge in [-0.1, -0.05) is 18.2 Å². The maximum absolute atomic E-state index is 12.3. The molecule has 22 heavy (non-hydrogen) atoms. The van der Waals surface area contributed by atoms with Crippen molar-refractivity contribution in [3.05, 3.63) is 30.3 Å². The lowest BCUT2D eigenvalue weighted by Gasteiger charge is -2.39. The molecule has 6 heteroatoms. The Morgan fingerprint density at radius 3 is 2.64 bits per heavy atom. The lowest BCUT2D eigenvalue weighted by molar-refractivity contribution is -0.155. The number of nitrogens with zero attached hydrogens (tertiary/aromatic N) is 2. The van der Waals surface area contributed by atoms with Crippen LogP contribution in [-0.4, -0.2) is 55.0 Å². The Hall–Kier alpha value is -1.27. The molecule has 1 N–H and O–H groups in total. The number of para-hydroxylation sites is 1. The molecule has 0 unspecified atom stereocenters.